The maximum atomic E-state index is 11.0. The van der Waals surface area contributed by atoms with Crippen molar-refractivity contribution < 1.29 is 4.79 Å². The molecule has 0 bridgehead atoms. The molecule has 0 radical (unpaired) electrons. The van der Waals surface area contributed by atoms with Crippen LogP contribution in [0, 0.1) is 0 Å². The Balaban J connectivity index is 2.24. The van der Waals surface area contributed by atoms with Crippen LogP contribution in [0.4, 0.5) is 5.69 Å². The van der Waals surface area contributed by atoms with Gasteiger partial charge in [-0.05, 0) is 40.6 Å². The normalized spacial score (nSPS) is 10.2. The molecule has 0 aliphatic rings. The van der Waals surface area contributed by atoms with E-state index in [9.17, 15) is 4.79 Å². The molecule has 1 aromatic heterocycles. The minimum absolute atomic E-state index is 0.583. The number of rotatable bonds is 4. The molecule has 2 aromatic rings. The molecule has 0 N–H and O–H groups in total. The summed E-state index contributed by atoms with van der Waals surface area (Å²) < 4.78 is 0. The fraction of sp³-hybridized carbons (Fsp3) is 0.154. The fourth-order valence-electron chi connectivity index (χ4n) is 1.71. The van der Waals surface area contributed by atoms with Crippen LogP contribution in [0.2, 0.25) is 5.02 Å². The number of anilines is 1. The Labute approximate surface area is 109 Å². The largest absolute Gasteiger partial charge is 0.370 e. The third-order valence-corrected chi connectivity index (χ3v) is 3.49. The molecule has 4 heteroatoms. The summed E-state index contributed by atoms with van der Waals surface area (Å²) in [7, 11) is 1.97. The van der Waals surface area contributed by atoms with Crippen molar-refractivity contribution in [2.75, 3.05) is 11.9 Å². The van der Waals surface area contributed by atoms with Crippen LogP contribution in [0.5, 0.6) is 0 Å². The predicted octanol–water partition coefficient (Wildman–Crippen LogP) is 3.85. The van der Waals surface area contributed by atoms with Gasteiger partial charge in [-0.25, -0.2) is 0 Å². The van der Waals surface area contributed by atoms with E-state index in [-0.39, 0.29) is 0 Å². The van der Waals surface area contributed by atoms with Gasteiger partial charge in [0.1, 0.15) is 0 Å². The molecule has 0 fully saturated rings. The van der Waals surface area contributed by atoms with Crippen LogP contribution < -0.4 is 4.90 Å². The summed E-state index contributed by atoms with van der Waals surface area (Å²) in [5.74, 6) is 0. The molecule has 0 saturated heterocycles. The molecule has 88 valence electrons. The highest BCUT2D eigenvalue weighted by molar-refractivity contribution is 7.07. The number of thiophene rings is 1. The van der Waals surface area contributed by atoms with Crippen molar-refractivity contribution in [3.05, 3.63) is 51.2 Å². The highest BCUT2D eigenvalue weighted by Gasteiger charge is 2.08. The SMILES string of the molecule is CN(Cc1ccsc1)c1ccc(Cl)cc1C=O. The van der Waals surface area contributed by atoms with Crippen molar-refractivity contribution in [3.63, 3.8) is 0 Å². The minimum Gasteiger partial charge on any atom is -0.370 e. The van der Waals surface area contributed by atoms with Crippen LogP contribution in [-0.4, -0.2) is 13.3 Å². The van der Waals surface area contributed by atoms with Gasteiger partial charge in [-0.1, -0.05) is 11.6 Å². The maximum absolute atomic E-state index is 11.0. The fourth-order valence-corrected chi connectivity index (χ4v) is 2.55. The number of benzene rings is 1. The second-order valence-corrected chi connectivity index (χ2v) is 5.03. The molecular weight excluding hydrogens is 254 g/mol. The van der Waals surface area contributed by atoms with E-state index < -0.39 is 0 Å². The summed E-state index contributed by atoms with van der Waals surface area (Å²) >= 11 is 7.54. The van der Waals surface area contributed by atoms with Crippen LogP contribution >= 0.6 is 22.9 Å². The molecule has 0 aliphatic carbocycles. The van der Waals surface area contributed by atoms with E-state index in [0.717, 1.165) is 18.5 Å². The Morgan fingerprint density at radius 3 is 2.88 bits per heavy atom. The second-order valence-electron chi connectivity index (χ2n) is 3.81. The van der Waals surface area contributed by atoms with Gasteiger partial charge in [0, 0.05) is 29.9 Å². The number of carbonyl (C=O) groups excluding carboxylic acids is 1. The molecule has 0 saturated carbocycles. The smallest absolute Gasteiger partial charge is 0.152 e. The van der Waals surface area contributed by atoms with E-state index in [1.54, 1.807) is 23.5 Å². The average molecular weight is 266 g/mol. The first-order valence-corrected chi connectivity index (χ1v) is 6.49. The molecular formula is C13H12ClNOS. The van der Waals surface area contributed by atoms with Gasteiger partial charge in [0.05, 0.1) is 0 Å². The van der Waals surface area contributed by atoms with Gasteiger partial charge >= 0.3 is 0 Å². The van der Waals surface area contributed by atoms with E-state index in [0.29, 0.717) is 10.6 Å². The lowest BCUT2D eigenvalue weighted by Crippen LogP contribution is -2.17. The number of aldehydes is 1. The number of carbonyl (C=O) groups is 1. The van der Waals surface area contributed by atoms with Crippen molar-refractivity contribution in [2.24, 2.45) is 0 Å². The maximum Gasteiger partial charge on any atom is 0.152 e. The summed E-state index contributed by atoms with van der Waals surface area (Å²) in [6, 6.07) is 7.44. The average Bonchev–Trinajstić information content (AvgIpc) is 2.81. The second kappa shape index (κ2) is 5.34. The van der Waals surface area contributed by atoms with Crippen molar-refractivity contribution in [1.29, 1.82) is 0 Å². The van der Waals surface area contributed by atoms with Crippen LogP contribution in [0.1, 0.15) is 15.9 Å². The number of halogens is 1. The predicted molar refractivity (Wildman–Crippen MR) is 73.3 cm³/mol. The molecule has 17 heavy (non-hydrogen) atoms. The summed E-state index contributed by atoms with van der Waals surface area (Å²) in [4.78, 5) is 13.0. The van der Waals surface area contributed by atoms with E-state index >= 15 is 0 Å². The zero-order chi connectivity index (χ0) is 12.3. The highest BCUT2D eigenvalue weighted by atomic mass is 35.5. The molecule has 2 nitrogen and oxygen atoms in total. The Bertz CT molecular complexity index is 510. The van der Waals surface area contributed by atoms with Crippen LogP contribution in [-0.2, 0) is 6.54 Å². The first-order chi connectivity index (χ1) is 8.20. The molecule has 0 unspecified atom stereocenters. The summed E-state index contributed by atoms with van der Waals surface area (Å²) in [5.41, 5.74) is 2.76. The first kappa shape index (κ1) is 12.1. The summed E-state index contributed by atoms with van der Waals surface area (Å²) in [5, 5.41) is 4.73. The number of nitrogens with zero attached hydrogens (tertiary/aromatic N) is 1. The van der Waals surface area contributed by atoms with Gasteiger partial charge in [-0.3, -0.25) is 4.79 Å². The Hall–Kier alpha value is -1.32. The van der Waals surface area contributed by atoms with Crippen LogP contribution in [0.3, 0.4) is 0 Å². The molecule has 0 aliphatic heterocycles. The summed E-state index contributed by atoms with van der Waals surface area (Å²) in [6.07, 6.45) is 0.839. The monoisotopic (exact) mass is 265 g/mol. The van der Waals surface area contributed by atoms with Gasteiger partial charge < -0.3 is 4.90 Å². The van der Waals surface area contributed by atoms with Crippen LogP contribution in [0.25, 0.3) is 0 Å². The Morgan fingerprint density at radius 2 is 2.24 bits per heavy atom. The molecule has 0 atom stereocenters. The van der Waals surface area contributed by atoms with E-state index in [1.165, 1.54) is 5.56 Å². The molecule has 0 spiro atoms. The van der Waals surface area contributed by atoms with Crippen molar-refractivity contribution >= 4 is 34.9 Å². The number of hydrogen-bond donors (Lipinski definition) is 0. The van der Waals surface area contributed by atoms with Gasteiger partial charge in [-0.2, -0.15) is 11.3 Å². The lowest BCUT2D eigenvalue weighted by molar-refractivity contribution is 0.112. The lowest BCUT2D eigenvalue weighted by atomic mass is 10.1. The van der Waals surface area contributed by atoms with Crippen molar-refractivity contribution in [3.8, 4) is 0 Å². The molecule has 2 rings (SSSR count). The van der Waals surface area contributed by atoms with Crippen molar-refractivity contribution in [1.82, 2.24) is 0 Å². The van der Waals surface area contributed by atoms with Crippen LogP contribution in [0.15, 0.2) is 35.0 Å². The molecule has 0 amide bonds. The Kier molecular flexibility index (Phi) is 3.82. The zero-order valence-corrected chi connectivity index (χ0v) is 11.0. The lowest BCUT2D eigenvalue weighted by Gasteiger charge is -2.20. The standard InChI is InChI=1S/C13H12ClNOS/c1-15(7-10-4-5-17-9-10)13-3-2-12(14)6-11(13)8-16/h2-6,8-9H,7H2,1H3. The molecule has 1 heterocycles. The van der Waals surface area contributed by atoms with Gasteiger partial charge in [0.2, 0.25) is 0 Å². The third-order valence-electron chi connectivity index (χ3n) is 2.53. The highest BCUT2D eigenvalue weighted by Crippen LogP contribution is 2.23. The van der Waals surface area contributed by atoms with Gasteiger partial charge in [-0.15, -0.1) is 0 Å². The van der Waals surface area contributed by atoms with Gasteiger partial charge in [0.15, 0.2) is 6.29 Å². The quantitative estimate of drug-likeness (QED) is 0.783. The molecule has 1 aromatic carbocycles. The minimum atomic E-state index is 0.583. The number of hydrogen-bond acceptors (Lipinski definition) is 3. The first-order valence-electron chi connectivity index (χ1n) is 5.17. The Morgan fingerprint density at radius 1 is 1.41 bits per heavy atom. The summed E-state index contributed by atoms with van der Waals surface area (Å²) in [6.45, 7) is 0.784. The van der Waals surface area contributed by atoms with E-state index in [4.69, 9.17) is 11.6 Å². The topological polar surface area (TPSA) is 20.3 Å². The van der Waals surface area contributed by atoms with Crippen molar-refractivity contribution in [2.45, 2.75) is 6.54 Å². The van der Waals surface area contributed by atoms with E-state index in [1.807, 2.05) is 23.4 Å². The third kappa shape index (κ3) is 2.87. The zero-order valence-electron chi connectivity index (χ0n) is 9.39. The van der Waals surface area contributed by atoms with E-state index in [2.05, 4.69) is 11.4 Å². The van der Waals surface area contributed by atoms with Gasteiger partial charge in [0.25, 0.3) is 0 Å².